The third-order valence-corrected chi connectivity index (χ3v) is 3.73. The molecule has 4 heteroatoms. The first-order chi connectivity index (χ1) is 8.70. The molecule has 4 nitrogen and oxygen atoms in total. The summed E-state index contributed by atoms with van der Waals surface area (Å²) in [5.74, 6) is 0.378. The molecule has 0 spiro atoms. The average molecular weight is 248 g/mol. The zero-order valence-electron chi connectivity index (χ0n) is 10.7. The zero-order chi connectivity index (χ0) is 13.0. The Kier molecular flexibility index (Phi) is 4.18. The van der Waals surface area contributed by atoms with E-state index in [1.165, 1.54) is 25.3 Å². The number of aromatic nitrogens is 1. The number of carbonyl (C=O) groups is 1. The van der Waals surface area contributed by atoms with E-state index in [2.05, 4.69) is 17.2 Å². The van der Waals surface area contributed by atoms with Gasteiger partial charge in [-0.15, -0.1) is 0 Å². The molecule has 1 aliphatic carbocycles. The summed E-state index contributed by atoms with van der Waals surface area (Å²) in [6, 6.07) is 5.53. The third-order valence-electron chi connectivity index (χ3n) is 3.73. The predicted octanol–water partition coefficient (Wildman–Crippen LogP) is 3.16. The van der Waals surface area contributed by atoms with Gasteiger partial charge in [-0.2, -0.15) is 0 Å². The van der Waals surface area contributed by atoms with Crippen LogP contribution in [0.1, 0.15) is 49.5 Å². The molecule has 1 aliphatic rings. The van der Waals surface area contributed by atoms with Crippen LogP contribution in [0.25, 0.3) is 0 Å². The summed E-state index contributed by atoms with van der Waals surface area (Å²) in [6.45, 7) is 2.21. The summed E-state index contributed by atoms with van der Waals surface area (Å²) in [4.78, 5) is 15.0. The lowest BCUT2D eigenvalue weighted by Crippen LogP contribution is -2.32. The van der Waals surface area contributed by atoms with Crippen LogP contribution in [-0.4, -0.2) is 22.1 Å². The summed E-state index contributed by atoms with van der Waals surface area (Å²) >= 11 is 0. The molecule has 1 aromatic heterocycles. The number of rotatable bonds is 4. The quantitative estimate of drug-likeness (QED) is 0.859. The molecule has 0 aromatic carbocycles. The van der Waals surface area contributed by atoms with Crippen LogP contribution in [0.15, 0.2) is 18.2 Å². The fourth-order valence-corrected chi connectivity index (χ4v) is 2.71. The molecule has 1 saturated carbocycles. The summed E-state index contributed by atoms with van der Waals surface area (Å²) in [7, 11) is 0. The molecular weight excluding hydrogens is 228 g/mol. The zero-order valence-corrected chi connectivity index (χ0v) is 10.7. The molecule has 0 bridgehead atoms. The Labute approximate surface area is 107 Å². The van der Waals surface area contributed by atoms with Gasteiger partial charge in [-0.25, -0.2) is 9.78 Å². The molecule has 2 atom stereocenters. The van der Waals surface area contributed by atoms with E-state index in [1.54, 1.807) is 6.07 Å². The maximum Gasteiger partial charge on any atom is 0.354 e. The second kappa shape index (κ2) is 5.85. The second-order valence-electron chi connectivity index (χ2n) is 4.92. The lowest BCUT2D eigenvalue weighted by molar-refractivity contribution is 0.0690. The highest BCUT2D eigenvalue weighted by molar-refractivity contribution is 5.85. The van der Waals surface area contributed by atoms with Crippen LogP contribution in [0.5, 0.6) is 0 Å². The lowest BCUT2D eigenvalue weighted by Gasteiger charge is -2.31. The number of carboxylic acid groups (broad SMARTS) is 1. The van der Waals surface area contributed by atoms with Crippen molar-refractivity contribution in [3.8, 4) is 0 Å². The molecule has 2 rings (SSSR count). The highest BCUT2D eigenvalue weighted by Crippen LogP contribution is 2.28. The summed E-state index contributed by atoms with van der Waals surface area (Å²) < 4.78 is 0. The topological polar surface area (TPSA) is 62.2 Å². The number of aromatic carboxylic acids is 1. The van der Waals surface area contributed by atoms with Crippen molar-refractivity contribution in [2.45, 2.75) is 45.1 Å². The van der Waals surface area contributed by atoms with Crippen molar-refractivity contribution in [3.05, 3.63) is 23.9 Å². The first kappa shape index (κ1) is 12.9. The standard InChI is InChI=1S/C14H20N2O2/c1-2-10-6-3-4-7-11(10)15-13-9-5-8-12(16-13)14(17)18/h5,8-11H,2-4,6-7H2,1H3,(H,15,16)(H,17,18). The van der Waals surface area contributed by atoms with Crippen LogP contribution < -0.4 is 5.32 Å². The molecule has 1 fully saturated rings. The number of nitrogens with one attached hydrogen (secondary N) is 1. The summed E-state index contributed by atoms with van der Waals surface area (Å²) in [5, 5.41) is 12.3. The highest BCUT2D eigenvalue weighted by atomic mass is 16.4. The molecular formula is C14H20N2O2. The largest absolute Gasteiger partial charge is 0.477 e. The van der Waals surface area contributed by atoms with Crippen molar-refractivity contribution in [3.63, 3.8) is 0 Å². The molecule has 0 aliphatic heterocycles. The fraction of sp³-hybridized carbons (Fsp3) is 0.571. The van der Waals surface area contributed by atoms with Gasteiger partial charge in [-0.3, -0.25) is 0 Å². The molecule has 0 saturated heterocycles. The fourth-order valence-electron chi connectivity index (χ4n) is 2.71. The van der Waals surface area contributed by atoms with Gasteiger partial charge >= 0.3 is 5.97 Å². The molecule has 98 valence electrons. The third kappa shape index (κ3) is 3.00. The molecule has 18 heavy (non-hydrogen) atoms. The number of nitrogens with zero attached hydrogens (tertiary/aromatic N) is 1. The minimum Gasteiger partial charge on any atom is -0.477 e. The number of hydrogen-bond donors (Lipinski definition) is 2. The van der Waals surface area contributed by atoms with Gasteiger partial charge in [0.05, 0.1) is 0 Å². The SMILES string of the molecule is CCC1CCCCC1Nc1cccc(C(=O)O)n1. The Morgan fingerprint density at radius 1 is 1.44 bits per heavy atom. The molecule has 1 heterocycles. The van der Waals surface area contributed by atoms with Crippen molar-refractivity contribution in [2.75, 3.05) is 5.32 Å². The Morgan fingerprint density at radius 2 is 2.22 bits per heavy atom. The van der Waals surface area contributed by atoms with Gasteiger partial charge in [-0.1, -0.05) is 32.3 Å². The van der Waals surface area contributed by atoms with Crippen LogP contribution in [0, 0.1) is 5.92 Å². The Bertz CT molecular complexity index is 420. The minimum atomic E-state index is -0.977. The van der Waals surface area contributed by atoms with Crippen molar-refractivity contribution in [1.82, 2.24) is 4.98 Å². The van der Waals surface area contributed by atoms with Gasteiger partial charge in [0, 0.05) is 6.04 Å². The highest BCUT2D eigenvalue weighted by Gasteiger charge is 2.23. The van der Waals surface area contributed by atoms with Crippen molar-refractivity contribution >= 4 is 11.8 Å². The monoisotopic (exact) mass is 248 g/mol. The minimum absolute atomic E-state index is 0.101. The number of pyridine rings is 1. The van der Waals surface area contributed by atoms with E-state index in [9.17, 15) is 4.79 Å². The lowest BCUT2D eigenvalue weighted by atomic mass is 9.83. The summed E-state index contributed by atoms with van der Waals surface area (Å²) in [6.07, 6.45) is 6.12. The maximum atomic E-state index is 10.9. The van der Waals surface area contributed by atoms with Gasteiger partial charge in [0.15, 0.2) is 5.69 Å². The van der Waals surface area contributed by atoms with E-state index < -0.39 is 5.97 Å². The normalized spacial score (nSPS) is 23.6. The van der Waals surface area contributed by atoms with E-state index >= 15 is 0 Å². The van der Waals surface area contributed by atoms with E-state index in [1.807, 2.05) is 6.07 Å². The van der Waals surface area contributed by atoms with Crippen molar-refractivity contribution in [1.29, 1.82) is 0 Å². The van der Waals surface area contributed by atoms with E-state index in [0.717, 1.165) is 12.8 Å². The molecule has 2 N–H and O–H groups in total. The van der Waals surface area contributed by atoms with Crippen LogP contribution in [0.3, 0.4) is 0 Å². The van der Waals surface area contributed by atoms with Crippen LogP contribution in [0.2, 0.25) is 0 Å². The molecule has 0 radical (unpaired) electrons. The molecule has 2 unspecified atom stereocenters. The Hall–Kier alpha value is -1.58. The van der Waals surface area contributed by atoms with Crippen molar-refractivity contribution in [2.24, 2.45) is 5.92 Å². The van der Waals surface area contributed by atoms with E-state index in [0.29, 0.717) is 17.8 Å². The predicted molar refractivity (Wildman–Crippen MR) is 70.9 cm³/mol. The number of hydrogen-bond acceptors (Lipinski definition) is 3. The van der Waals surface area contributed by atoms with E-state index in [-0.39, 0.29) is 5.69 Å². The Morgan fingerprint density at radius 3 is 2.94 bits per heavy atom. The van der Waals surface area contributed by atoms with Crippen LogP contribution in [0.4, 0.5) is 5.82 Å². The van der Waals surface area contributed by atoms with Gasteiger partial charge in [0.1, 0.15) is 5.82 Å². The van der Waals surface area contributed by atoms with Crippen LogP contribution in [-0.2, 0) is 0 Å². The molecule has 0 amide bonds. The first-order valence-corrected chi connectivity index (χ1v) is 6.67. The maximum absolute atomic E-state index is 10.9. The Balaban J connectivity index is 2.07. The van der Waals surface area contributed by atoms with Gasteiger partial charge in [0.2, 0.25) is 0 Å². The number of anilines is 1. The van der Waals surface area contributed by atoms with E-state index in [4.69, 9.17) is 5.11 Å². The van der Waals surface area contributed by atoms with Crippen LogP contribution >= 0.6 is 0 Å². The average Bonchev–Trinajstić information content (AvgIpc) is 2.39. The second-order valence-corrected chi connectivity index (χ2v) is 4.92. The summed E-state index contributed by atoms with van der Waals surface area (Å²) in [5.41, 5.74) is 0.101. The number of carboxylic acids is 1. The van der Waals surface area contributed by atoms with Crippen molar-refractivity contribution < 1.29 is 9.90 Å². The molecule has 1 aromatic rings. The van der Waals surface area contributed by atoms with Gasteiger partial charge in [-0.05, 0) is 30.9 Å². The van der Waals surface area contributed by atoms with Gasteiger partial charge < -0.3 is 10.4 Å². The smallest absolute Gasteiger partial charge is 0.354 e. The first-order valence-electron chi connectivity index (χ1n) is 6.67. The van der Waals surface area contributed by atoms with Gasteiger partial charge in [0.25, 0.3) is 0 Å².